The van der Waals surface area contributed by atoms with Crippen molar-refractivity contribution < 1.29 is 19.0 Å². The fraction of sp³-hybridized carbons (Fsp3) is 0.917. The van der Waals surface area contributed by atoms with Gasteiger partial charge in [-0.05, 0) is 20.3 Å². The monoisotopic (exact) mass is 241 g/mol. The Morgan fingerprint density at radius 3 is 2.94 bits per heavy atom. The number of carbonyl (C=O) groups excluding carboxylic acids is 1. The summed E-state index contributed by atoms with van der Waals surface area (Å²) in [6.45, 7) is 5.20. The van der Waals surface area contributed by atoms with Crippen LogP contribution in [0.25, 0.3) is 0 Å². The van der Waals surface area contributed by atoms with Crippen LogP contribution in [0.3, 0.4) is 0 Å². The van der Waals surface area contributed by atoms with E-state index < -0.39 is 0 Å². The SMILES string of the molecule is CCO[C@@H]1CC[C@@H]2O[C@@H]3[C@H](C)C(=O)N3C[C@H]2O1. The highest BCUT2D eigenvalue weighted by molar-refractivity contribution is 5.85. The lowest BCUT2D eigenvalue weighted by atomic mass is 9.92. The van der Waals surface area contributed by atoms with E-state index >= 15 is 0 Å². The Bertz CT molecular complexity index is 322. The molecule has 0 aromatic carbocycles. The molecule has 5 nitrogen and oxygen atoms in total. The van der Waals surface area contributed by atoms with Gasteiger partial charge in [0.15, 0.2) is 6.29 Å². The van der Waals surface area contributed by atoms with Gasteiger partial charge < -0.3 is 19.1 Å². The Labute approximate surface area is 101 Å². The van der Waals surface area contributed by atoms with Crippen LogP contribution in [0.1, 0.15) is 26.7 Å². The van der Waals surface area contributed by atoms with Crippen molar-refractivity contribution in [1.29, 1.82) is 0 Å². The second-order valence-electron chi connectivity index (χ2n) is 4.98. The molecule has 3 aliphatic heterocycles. The van der Waals surface area contributed by atoms with Gasteiger partial charge in [-0.1, -0.05) is 0 Å². The smallest absolute Gasteiger partial charge is 0.232 e. The van der Waals surface area contributed by atoms with Gasteiger partial charge in [0, 0.05) is 13.0 Å². The number of hydrogen-bond donors (Lipinski definition) is 0. The van der Waals surface area contributed by atoms with Gasteiger partial charge in [-0.25, -0.2) is 0 Å². The highest BCUT2D eigenvalue weighted by atomic mass is 16.7. The van der Waals surface area contributed by atoms with Crippen molar-refractivity contribution in [3.63, 3.8) is 0 Å². The maximum atomic E-state index is 11.6. The van der Waals surface area contributed by atoms with E-state index in [1.54, 1.807) is 4.90 Å². The van der Waals surface area contributed by atoms with Gasteiger partial charge in [0.1, 0.15) is 12.3 Å². The molecular weight excluding hydrogens is 222 g/mol. The average Bonchev–Trinajstić information content (AvgIpc) is 2.36. The number of rotatable bonds is 2. The lowest BCUT2D eigenvalue weighted by molar-refractivity contribution is -0.297. The molecule has 0 saturated carbocycles. The molecule has 0 radical (unpaired) electrons. The van der Waals surface area contributed by atoms with Crippen LogP contribution in [0.5, 0.6) is 0 Å². The lowest BCUT2D eigenvalue weighted by Gasteiger charge is -2.54. The Balaban J connectivity index is 1.63. The molecule has 1 amide bonds. The van der Waals surface area contributed by atoms with Crippen LogP contribution in [-0.4, -0.2) is 48.7 Å². The quantitative estimate of drug-likeness (QED) is 0.669. The molecule has 0 unspecified atom stereocenters. The Kier molecular flexibility index (Phi) is 2.84. The standard InChI is InChI=1S/C12H19NO4/c1-3-15-10-5-4-8-9(16-10)6-13-11(14)7(2)12(13)17-8/h7-10,12H,3-6H2,1-2H3/t7-,8+,9-,10+,12-/m1/s1. The molecule has 3 fully saturated rings. The van der Waals surface area contributed by atoms with Crippen molar-refractivity contribution >= 4 is 5.91 Å². The number of amides is 1. The first-order chi connectivity index (χ1) is 8.20. The van der Waals surface area contributed by atoms with Crippen LogP contribution in [0.4, 0.5) is 0 Å². The van der Waals surface area contributed by atoms with Gasteiger partial charge in [0.25, 0.3) is 0 Å². The van der Waals surface area contributed by atoms with Crippen molar-refractivity contribution in [2.24, 2.45) is 5.92 Å². The number of β-lactam (4-membered cyclic amide) rings is 1. The number of ether oxygens (including phenoxy) is 3. The third kappa shape index (κ3) is 1.77. The second kappa shape index (κ2) is 4.23. The van der Waals surface area contributed by atoms with Crippen LogP contribution >= 0.6 is 0 Å². The molecule has 0 aromatic rings. The number of fused-ring (bicyclic) bond motifs is 2. The van der Waals surface area contributed by atoms with Gasteiger partial charge in [0.2, 0.25) is 5.91 Å². The molecule has 96 valence electrons. The van der Waals surface area contributed by atoms with E-state index in [9.17, 15) is 4.79 Å². The molecule has 0 aliphatic carbocycles. The highest BCUT2D eigenvalue weighted by Crippen LogP contribution is 2.37. The summed E-state index contributed by atoms with van der Waals surface area (Å²) < 4.78 is 17.2. The minimum absolute atomic E-state index is 0.0144. The van der Waals surface area contributed by atoms with Crippen LogP contribution in [-0.2, 0) is 19.0 Å². The first-order valence-corrected chi connectivity index (χ1v) is 6.43. The minimum atomic E-state index is -0.129. The zero-order valence-corrected chi connectivity index (χ0v) is 10.3. The van der Waals surface area contributed by atoms with E-state index in [1.807, 2.05) is 13.8 Å². The van der Waals surface area contributed by atoms with Gasteiger partial charge >= 0.3 is 0 Å². The van der Waals surface area contributed by atoms with Crippen molar-refractivity contribution in [1.82, 2.24) is 4.90 Å². The Hall–Kier alpha value is -0.650. The summed E-state index contributed by atoms with van der Waals surface area (Å²) in [5.74, 6) is 0.191. The van der Waals surface area contributed by atoms with E-state index in [-0.39, 0.29) is 36.6 Å². The van der Waals surface area contributed by atoms with E-state index in [4.69, 9.17) is 14.2 Å². The zero-order chi connectivity index (χ0) is 12.0. The van der Waals surface area contributed by atoms with Gasteiger partial charge in [0.05, 0.1) is 18.6 Å². The van der Waals surface area contributed by atoms with Crippen molar-refractivity contribution in [3.8, 4) is 0 Å². The first-order valence-electron chi connectivity index (χ1n) is 6.43. The van der Waals surface area contributed by atoms with Crippen molar-refractivity contribution in [3.05, 3.63) is 0 Å². The third-order valence-electron chi connectivity index (χ3n) is 3.88. The van der Waals surface area contributed by atoms with Crippen LogP contribution in [0.2, 0.25) is 0 Å². The topological polar surface area (TPSA) is 48.0 Å². The van der Waals surface area contributed by atoms with Crippen molar-refractivity contribution in [2.75, 3.05) is 13.2 Å². The fourth-order valence-corrected chi connectivity index (χ4v) is 2.92. The predicted molar refractivity (Wildman–Crippen MR) is 59.1 cm³/mol. The van der Waals surface area contributed by atoms with E-state index in [0.717, 1.165) is 12.8 Å². The predicted octanol–water partition coefficient (Wildman–Crippen LogP) is 0.731. The Morgan fingerprint density at radius 2 is 2.18 bits per heavy atom. The summed E-state index contributed by atoms with van der Waals surface area (Å²) in [7, 11) is 0. The molecule has 3 saturated heterocycles. The van der Waals surface area contributed by atoms with Crippen LogP contribution < -0.4 is 0 Å². The van der Waals surface area contributed by atoms with Crippen LogP contribution in [0, 0.1) is 5.92 Å². The summed E-state index contributed by atoms with van der Waals surface area (Å²) in [6.07, 6.45) is 1.80. The second-order valence-corrected chi connectivity index (χ2v) is 4.98. The highest BCUT2D eigenvalue weighted by Gasteiger charge is 2.53. The van der Waals surface area contributed by atoms with E-state index in [0.29, 0.717) is 13.2 Å². The molecule has 5 atom stereocenters. The first kappa shape index (κ1) is 11.4. The fourth-order valence-electron chi connectivity index (χ4n) is 2.92. The molecule has 0 aromatic heterocycles. The maximum Gasteiger partial charge on any atom is 0.232 e. The largest absolute Gasteiger partial charge is 0.353 e. The lowest BCUT2D eigenvalue weighted by Crippen LogP contribution is -2.69. The van der Waals surface area contributed by atoms with E-state index in [1.165, 1.54) is 0 Å². The summed E-state index contributed by atoms with van der Waals surface area (Å²) in [5, 5.41) is 0. The zero-order valence-electron chi connectivity index (χ0n) is 10.3. The maximum absolute atomic E-state index is 11.6. The summed E-state index contributed by atoms with van der Waals surface area (Å²) >= 11 is 0. The third-order valence-corrected chi connectivity index (χ3v) is 3.88. The molecule has 0 bridgehead atoms. The number of hydrogen-bond acceptors (Lipinski definition) is 4. The molecule has 3 aliphatic rings. The molecular formula is C12H19NO4. The molecule has 0 N–H and O–H groups in total. The van der Waals surface area contributed by atoms with E-state index in [2.05, 4.69) is 0 Å². The summed E-state index contributed by atoms with van der Waals surface area (Å²) in [5.41, 5.74) is 0. The normalized spacial score (nSPS) is 44.9. The average molecular weight is 241 g/mol. The van der Waals surface area contributed by atoms with Crippen LogP contribution in [0.15, 0.2) is 0 Å². The Morgan fingerprint density at radius 1 is 1.35 bits per heavy atom. The van der Waals surface area contributed by atoms with Gasteiger partial charge in [-0.2, -0.15) is 0 Å². The molecule has 0 spiro atoms. The number of carbonyl (C=O) groups is 1. The summed E-state index contributed by atoms with van der Waals surface area (Å²) in [6, 6.07) is 0. The molecule has 3 heterocycles. The molecule has 17 heavy (non-hydrogen) atoms. The van der Waals surface area contributed by atoms with Gasteiger partial charge in [-0.15, -0.1) is 0 Å². The number of nitrogens with zero attached hydrogens (tertiary/aromatic N) is 1. The molecule has 3 rings (SSSR count). The summed E-state index contributed by atoms with van der Waals surface area (Å²) in [4.78, 5) is 13.4. The molecule has 5 heteroatoms. The van der Waals surface area contributed by atoms with Gasteiger partial charge in [-0.3, -0.25) is 4.79 Å². The minimum Gasteiger partial charge on any atom is -0.353 e. The van der Waals surface area contributed by atoms with Crippen molar-refractivity contribution in [2.45, 2.75) is 51.4 Å².